The standard InChI is InChI=1S/C18H22N2O3/c21-16-15(6-8-19(16)11-13-4-2-1-3-5-13)17(22)20-9-7-18(23)10-14(18)12-20/h1-5,14-15,23H,6-12H2/t14-,15?,18+/m0/s1. The normalized spacial score (nSPS) is 32.8. The lowest BCUT2D eigenvalue weighted by atomic mass is 10.0. The zero-order valence-corrected chi connectivity index (χ0v) is 13.1. The lowest BCUT2D eigenvalue weighted by Gasteiger charge is -2.30. The molecule has 0 radical (unpaired) electrons. The third-order valence-corrected chi connectivity index (χ3v) is 5.58. The van der Waals surface area contributed by atoms with E-state index in [1.54, 1.807) is 9.80 Å². The number of piperidine rings is 1. The molecule has 1 aliphatic carbocycles. The van der Waals surface area contributed by atoms with Crippen LogP contribution in [0, 0.1) is 11.8 Å². The van der Waals surface area contributed by atoms with Gasteiger partial charge in [-0.15, -0.1) is 0 Å². The summed E-state index contributed by atoms with van der Waals surface area (Å²) in [7, 11) is 0. The van der Waals surface area contributed by atoms with Crippen LogP contribution in [0.15, 0.2) is 30.3 Å². The van der Waals surface area contributed by atoms with Gasteiger partial charge >= 0.3 is 0 Å². The van der Waals surface area contributed by atoms with Crippen LogP contribution in [0.5, 0.6) is 0 Å². The second-order valence-electron chi connectivity index (χ2n) is 7.13. The minimum Gasteiger partial charge on any atom is -0.389 e. The first-order chi connectivity index (χ1) is 11.1. The molecule has 1 saturated carbocycles. The zero-order chi connectivity index (χ0) is 16.0. The van der Waals surface area contributed by atoms with Gasteiger partial charge in [-0.1, -0.05) is 30.3 Å². The van der Waals surface area contributed by atoms with Crippen LogP contribution < -0.4 is 0 Å². The Bertz CT molecular complexity index is 632. The van der Waals surface area contributed by atoms with Crippen molar-refractivity contribution in [2.75, 3.05) is 19.6 Å². The Hall–Kier alpha value is -1.88. The minimum atomic E-state index is -0.524. The molecule has 122 valence electrons. The average molecular weight is 314 g/mol. The minimum absolute atomic E-state index is 0.0421. The molecule has 2 saturated heterocycles. The van der Waals surface area contributed by atoms with Gasteiger partial charge in [-0.05, 0) is 24.8 Å². The van der Waals surface area contributed by atoms with E-state index in [0.29, 0.717) is 39.0 Å². The maximum atomic E-state index is 12.7. The first-order valence-electron chi connectivity index (χ1n) is 8.41. The van der Waals surface area contributed by atoms with E-state index in [2.05, 4.69) is 0 Å². The summed E-state index contributed by atoms with van der Waals surface area (Å²) in [4.78, 5) is 28.8. The Morgan fingerprint density at radius 1 is 1.26 bits per heavy atom. The summed E-state index contributed by atoms with van der Waals surface area (Å²) in [6, 6.07) is 9.88. The van der Waals surface area contributed by atoms with Crippen LogP contribution in [-0.4, -0.2) is 52.0 Å². The highest BCUT2D eigenvalue weighted by Gasteiger charge is 2.56. The Balaban J connectivity index is 1.38. The fourth-order valence-electron chi connectivity index (χ4n) is 3.94. The van der Waals surface area contributed by atoms with Crippen LogP contribution in [0.4, 0.5) is 0 Å². The number of rotatable bonds is 3. The van der Waals surface area contributed by atoms with Crippen molar-refractivity contribution in [2.45, 2.75) is 31.4 Å². The Morgan fingerprint density at radius 3 is 2.78 bits per heavy atom. The zero-order valence-electron chi connectivity index (χ0n) is 13.1. The topological polar surface area (TPSA) is 60.9 Å². The van der Waals surface area contributed by atoms with Crippen LogP contribution in [0.25, 0.3) is 0 Å². The maximum absolute atomic E-state index is 12.7. The van der Waals surface area contributed by atoms with Crippen molar-refractivity contribution in [1.82, 2.24) is 9.80 Å². The molecule has 5 heteroatoms. The monoisotopic (exact) mass is 314 g/mol. The van der Waals surface area contributed by atoms with Gasteiger partial charge in [0.2, 0.25) is 11.8 Å². The second kappa shape index (κ2) is 5.34. The van der Waals surface area contributed by atoms with Gasteiger partial charge in [-0.25, -0.2) is 0 Å². The van der Waals surface area contributed by atoms with Gasteiger partial charge in [-0.2, -0.15) is 0 Å². The largest absolute Gasteiger partial charge is 0.389 e. The van der Waals surface area contributed by atoms with Crippen molar-refractivity contribution < 1.29 is 14.7 Å². The number of fused-ring (bicyclic) bond motifs is 1. The molecule has 0 bridgehead atoms. The Morgan fingerprint density at radius 2 is 2.04 bits per heavy atom. The summed E-state index contributed by atoms with van der Waals surface area (Å²) in [6.45, 7) is 2.41. The molecule has 1 aromatic rings. The number of amides is 2. The Labute approximate surface area is 135 Å². The van der Waals surface area contributed by atoms with E-state index in [1.807, 2.05) is 30.3 Å². The van der Waals surface area contributed by atoms with Crippen molar-refractivity contribution in [1.29, 1.82) is 0 Å². The molecule has 3 aliphatic rings. The fraction of sp³-hybridized carbons (Fsp3) is 0.556. The molecular weight excluding hydrogens is 292 g/mol. The number of hydrogen-bond donors (Lipinski definition) is 1. The molecule has 3 atom stereocenters. The number of aliphatic hydroxyl groups is 1. The predicted molar refractivity (Wildman–Crippen MR) is 84.2 cm³/mol. The number of likely N-dealkylation sites (tertiary alicyclic amines) is 2. The number of hydrogen-bond acceptors (Lipinski definition) is 3. The number of carbonyl (C=O) groups excluding carboxylic acids is 2. The number of carbonyl (C=O) groups is 2. The maximum Gasteiger partial charge on any atom is 0.235 e. The third-order valence-electron chi connectivity index (χ3n) is 5.58. The molecule has 3 fully saturated rings. The van der Waals surface area contributed by atoms with Gasteiger partial charge in [-0.3, -0.25) is 9.59 Å². The summed E-state index contributed by atoms with van der Waals surface area (Å²) in [6.07, 6.45) is 2.06. The van der Waals surface area contributed by atoms with Crippen LogP contribution in [-0.2, 0) is 16.1 Å². The highest BCUT2D eigenvalue weighted by molar-refractivity contribution is 6.01. The van der Waals surface area contributed by atoms with Crippen molar-refractivity contribution >= 4 is 11.8 Å². The number of nitrogens with zero attached hydrogens (tertiary/aromatic N) is 2. The van der Waals surface area contributed by atoms with Gasteiger partial charge in [0, 0.05) is 32.1 Å². The van der Waals surface area contributed by atoms with Gasteiger partial charge < -0.3 is 14.9 Å². The van der Waals surface area contributed by atoms with Crippen LogP contribution in [0.1, 0.15) is 24.8 Å². The molecule has 2 aliphatic heterocycles. The molecular formula is C18H22N2O3. The van der Waals surface area contributed by atoms with E-state index < -0.39 is 11.5 Å². The van der Waals surface area contributed by atoms with Crippen LogP contribution in [0.3, 0.4) is 0 Å². The molecule has 2 heterocycles. The fourth-order valence-corrected chi connectivity index (χ4v) is 3.94. The summed E-state index contributed by atoms with van der Waals surface area (Å²) < 4.78 is 0. The molecule has 2 amide bonds. The molecule has 5 nitrogen and oxygen atoms in total. The van der Waals surface area contributed by atoms with E-state index >= 15 is 0 Å². The van der Waals surface area contributed by atoms with Crippen LogP contribution in [0.2, 0.25) is 0 Å². The van der Waals surface area contributed by atoms with Crippen LogP contribution >= 0.6 is 0 Å². The van der Waals surface area contributed by atoms with Gasteiger partial charge in [0.25, 0.3) is 0 Å². The molecule has 4 rings (SSSR count). The van der Waals surface area contributed by atoms with Gasteiger partial charge in [0.15, 0.2) is 0 Å². The number of benzene rings is 1. The Kier molecular flexibility index (Phi) is 3.41. The van der Waals surface area contributed by atoms with Gasteiger partial charge in [0.1, 0.15) is 5.92 Å². The van der Waals surface area contributed by atoms with Gasteiger partial charge in [0.05, 0.1) is 5.60 Å². The van der Waals surface area contributed by atoms with E-state index in [0.717, 1.165) is 12.0 Å². The summed E-state index contributed by atoms with van der Waals surface area (Å²) in [5.41, 5.74) is 0.575. The smallest absolute Gasteiger partial charge is 0.235 e. The third kappa shape index (κ3) is 2.63. The van der Waals surface area contributed by atoms with E-state index in [9.17, 15) is 14.7 Å². The van der Waals surface area contributed by atoms with Crippen molar-refractivity contribution in [3.63, 3.8) is 0 Å². The molecule has 0 spiro atoms. The van der Waals surface area contributed by atoms with Crippen molar-refractivity contribution in [2.24, 2.45) is 11.8 Å². The van der Waals surface area contributed by atoms with E-state index in [1.165, 1.54) is 0 Å². The summed E-state index contributed by atoms with van der Waals surface area (Å²) >= 11 is 0. The SMILES string of the molecule is O=C1C(C(=O)N2CC[C@@]3(O)C[C@H]3C2)CCN1Cc1ccccc1. The first-order valence-corrected chi connectivity index (χ1v) is 8.41. The summed E-state index contributed by atoms with van der Waals surface area (Å²) in [5.74, 6) is -0.393. The second-order valence-corrected chi connectivity index (χ2v) is 7.13. The molecule has 1 unspecified atom stereocenters. The summed E-state index contributed by atoms with van der Waals surface area (Å²) in [5, 5.41) is 10.1. The molecule has 23 heavy (non-hydrogen) atoms. The highest BCUT2D eigenvalue weighted by atomic mass is 16.3. The first kappa shape index (κ1) is 14.7. The van der Waals surface area contributed by atoms with E-state index in [-0.39, 0.29) is 17.7 Å². The highest BCUT2D eigenvalue weighted by Crippen LogP contribution is 2.49. The average Bonchev–Trinajstić information content (AvgIpc) is 3.12. The lowest BCUT2D eigenvalue weighted by molar-refractivity contribution is -0.144. The quantitative estimate of drug-likeness (QED) is 0.847. The molecule has 1 N–H and O–H groups in total. The molecule has 0 aromatic heterocycles. The van der Waals surface area contributed by atoms with Crippen molar-refractivity contribution in [3.05, 3.63) is 35.9 Å². The lowest BCUT2D eigenvalue weighted by Crippen LogP contribution is -2.45. The predicted octanol–water partition coefficient (Wildman–Crippen LogP) is 1.02. The molecule has 1 aromatic carbocycles. The van der Waals surface area contributed by atoms with Crippen molar-refractivity contribution in [3.8, 4) is 0 Å². The van der Waals surface area contributed by atoms with E-state index in [4.69, 9.17) is 0 Å².